The second kappa shape index (κ2) is 8.64. The zero-order chi connectivity index (χ0) is 21.2. The molecule has 1 N–H and O–H groups in total. The lowest BCUT2D eigenvalue weighted by Gasteiger charge is -2.40. The fourth-order valence-corrected chi connectivity index (χ4v) is 5.52. The van der Waals surface area contributed by atoms with Gasteiger partial charge in [-0.15, -0.1) is 0 Å². The molecule has 0 atom stereocenters. The van der Waals surface area contributed by atoms with Crippen LogP contribution < -0.4 is 5.32 Å². The number of anilines is 1. The summed E-state index contributed by atoms with van der Waals surface area (Å²) in [5.41, 5.74) is 0.470. The minimum atomic E-state index is -3.66. The Labute approximate surface area is 182 Å². The van der Waals surface area contributed by atoms with Crippen molar-refractivity contribution in [2.45, 2.75) is 43.4 Å². The predicted octanol–water partition coefficient (Wildman–Crippen LogP) is 5.08. The van der Waals surface area contributed by atoms with Crippen molar-refractivity contribution >= 4 is 44.8 Å². The van der Waals surface area contributed by atoms with Gasteiger partial charge in [0.1, 0.15) is 0 Å². The molecular formula is C21H24Cl2N2O3S. The molecular weight excluding hydrogens is 431 g/mol. The van der Waals surface area contributed by atoms with Gasteiger partial charge in [0.15, 0.2) is 0 Å². The maximum atomic E-state index is 13.2. The fourth-order valence-electron chi connectivity index (χ4n) is 3.68. The van der Waals surface area contributed by atoms with Crippen LogP contribution in [0.2, 0.25) is 10.0 Å². The lowest BCUT2D eigenvalue weighted by Crippen LogP contribution is -2.46. The van der Waals surface area contributed by atoms with Crippen molar-refractivity contribution in [3.05, 3.63) is 58.1 Å². The molecule has 1 amide bonds. The Morgan fingerprint density at radius 2 is 1.79 bits per heavy atom. The molecule has 0 aliphatic heterocycles. The monoisotopic (exact) mass is 454 g/mol. The number of carbonyl (C=O) groups is 1. The van der Waals surface area contributed by atoms with E-state index in [0.717, 1.165) is 12.0 Å². The van der Waals surface area contributed by atoms with E-state index in [2.05, 4.69) is 5.32 Å². The number of halogens is 2. The quantitative estimate of drug-likeness (QED) is 0.633. The maximum absolute atomic E-state index is 13.2. The topological polar surface area (TPSA) is 66.5 Å². The number of carbonyl (C=O) groups excluding carboxylic acids is 1. The third kappa shape index (κ3) is 4.17. The molecule has 0 saturated heterocycles. The first-order valence-electron chi connectivity index (χ1n) is 9.62. The molecule has 3 rings (SSSR count). The molecule has 2 aromatic carbocycles. The Balaban J connectivity index is 1.93. The summed E-state index contributed by atoms with van der Waals surface area (Å²) in [6, 6.07) is 11.7. The van der Waals surface area contributed by atoms with Crippen molar-refractivity contribution in [1.82, 2.24) is 4.31 Å². The van der Waals surface area contributed by atoms with Crippen LogP contribution in [0.3, 0.4) is 0 Å². The summed E-state index contributed by atoms with van der Waals surface area (Å²) >= 11 is 12.4. The predicted molar refractivity (Wildman–Crippen MR) is 117 cm³/mol. The zero-order valence-corrected chi connectivity index (χ0v) is 18.7. The van der Waals surface area contributed by atoms with Crippen molar-refractivity contribution in [2.24, 2.45) is 0 Å². The number of nitrogens with zero attached hydrogens (tertiary/aromatic N) is 1. The van der Waals surface area contributed by atoms with Gasteiger partial charge in [-0.3, -0.25) is 4.79 Å². The fraction of sp³-hybridized carbons (Fsp3) is 0.381. The highest BCUT2D eigenvalue weighted by molar-refractivity contribution is 7.89. The van der Waals surface area contributed by atoms with Crippen LogP contribution in [0.15, 0.2) is 47.4 Å². The van der Waals surface area contributed by atoms with Crippen molar-refractivity contribution in [1.29, 1.82) is 0 Å². The van der Waals surface area contributed by atoms with Gasteiger partial charge in [0, 0.05) is 18.1 Å². The Morgan fingerprint density at radius 3 is 2.34 bits per heavy atom. The van der Waals surface area contributed by atoms with E-state index in [4.69, 9.17) is 23.2 Å². The molecule has 2 aromatic rings. The summed E-state index contributed by atoms with van der Waals surface area (Å²) in [6.45, 7) is 4.29. The van der Waals surface area contributed by atoms with Crippen LogP contribution in [0, 0.1) is 0 Å². The summed E-state index contributed by atoms with van der Waals surface area (Å²) in [6.07, 6.45) is 2.34. The number of nitrogens with one attached hydrogen (secondary N) is 1. The van der Waals surface area contributed by atoms with Crippen LogP contribution >= 0.6 is 23.2 Å². The first-order valence-corrected chi connectivity index (χ1v) is 11.8. The van der Waals surface area contributed by atoms with Crippen LogP contribution in [0.5, 0.6) is 0 Å². The molecule has 0 spiro atoms. The molecule has 0 bridgehead atoms. The van der Waals surface area contributed by atoms with Gasteiger partial charge in [-0.2, -0.15) is 4.31 Å². The van der Waals surface area contributed by atoms with Crippen molar-refractivity contribution in [3.63, 3.8) is 0 Å². The standard InChI is InChI=1S/C21H24Cl2N2O3S/c1-3-25(4-2)29(27,28)17-9-10-18(23)19(14-17)24-20(26)21(11-6-12-21)15-7-5-8-16(22)13-15/h5,7-10,13-14H,3-4,6,11-12H2,1-2H3,(H,24,26). The van der Waals surface area contributed by atoms with Crippen LogP contribution in [-0.2, 0) is 20.2 Å². The number of sulfonamides is 1. The summed E-state index contributed by atoms with van der Waals surface area (Å²) in [7, 11) is -3.66. The minimum Gasteiger partial charge on any atom is -0.324 e. The van der Waals surface area contributed by atoms with Gasteiger partial charge >= 0.3 is 0 Å². The van der Waals surface area contributed by atoms with Gasteiger partial charge in [-0.25, -0.2) is 8.42 Å². The highest BCUT2D eigenvalue weighted by Crippen LogP contribution is 2.45. The summed E-state index contributed by atoms with van der Waals surface area (Å²) < 4.78 is 27.0. The normalized spacial score (nSPS) is 15.8. The van der Waals surface area contributed by atoms with Gasteiger partial charge in [-0.05, 0) is 48.7 Å². The molecule has 29 heavy (non-hydrogen) atoms. The van der Waals surface area contributed by atoms with Gasteiger partial charge in [0.2, 0.25) is 15.9 Å². The third-order valence-corrected chi connectivity index (χ3v) is 8.16. The SMILES string of the molecule is CCN(CC)S(=O)(=O)c1ccc(Cl)c(NC(=O)C2(c3cccc(Cl)c3)CCC2)c1. The van der Waals surface area contributed by atoms with E-state index in [1.165, 1.54) is 22.5 Å². The second-order valence-electron chi connectivity index (χ2n) is 7.13. The van der Waals surface area contributed by atoms with Crippen molar-refractivity contribution in [2.75, 3.05) is 18.4 Å². The first-order chi connectivity index (χ1) is 13.7. The van der Waals surface area contributed by atoms with Gasteiger partial charge in [0.25, 0.3) is 0 Å². The van der Waals surface area contributed by atoms with E-state index in [1.54, 1.807) is 19.9 Å². The van der Waals surface area contributed by atoms with Crippen LogP contribution in [0.25, 0.3) is 0 Å². The molecule has 1 aliphatic carbocycles. The number of hydrogen-bond donors (Lipinski definition) is 1. The molecule has 156 valence electrons. The van der Waals surface area contributed by atoms with E-state index in [9.17, 15) is 13.2 Å². The second-order valence-corrected chi connectivity index (χ2v) is 9.91. The molecule has 0 radical (unpaired) electrons. The Kier molecular flexibility index (Phi) is 6.58. The number of hydrogen-bond acceptors (Lipinski definition) is 3. The smallest absolute Gasteiger partial charge is 0.243 e. The molecule has 1 aliphatic rings. The largest absolute Gasteiger partial charge is 0.324 e. The number of benzene rings is 2. The Bertz CT molecular complexity index is 1020. The van der Waals surface area contributed by atoms with E-state index < -0.39 is 15.4 Å². The van der Waals surface area contributed by atoms with E-state index in [0.29, 0.717) is 36.6 Å². The molecule has 8 heteroatoms. The van der Waals surface area contributed by atoms with E-state index in [-0.39, 0.29) is 15.8 Å². The van der Waals surface area contributed by atoms with Gasteiger partial charge in [-0.1, -0.05) is 55.6 Å². The first kappa shape index (κ1) is 22.1. The van der Waals surface area contributed by atoms with Gasteiger partial charge in [0.05, 0.1) is 21.0 Å². The lowest BCUT2D eigenvalue weighted by molar-refractivity contribution is -0.124. The number of rotatable bonds is 7. The highest BCUT2D eigenvalue weighted by Gasteiger charge is 2.45. The minimum absolute atomic E-state index is 0.103. The van der Waals surface area contributed by atoms with Crippen molar-refractivity contribution in [3.8, 4) is 0 Å². The highest BCUT2D eigenvalue weighted by atomic mass is 35.5. The summed E-state index contributed by atoms with van der Waals surface area (Å²) in [4.78, 5) is 13.3. The lowest BCUT2D eigenvalue weighted by atomic mass is 9.64. The Morgan fingerprint density at radius 1 is 1.10 bits per heavy atom. The third-order valence-electron chi connectivity index (χ3n) is 5.55. The molecule has 0 aromatic heterocycles. The zero-order valence-electron chi connectivity index (χ0n) is 16.4. The number of amides is 1. The van der Waals surface area contributed by atoms with E-state index >= 15 is 0 Å². The van der Waals surface area contributed by atoms with Crippen LogP contribution in [0.4, 0.5) is 5.69 Å². The average Bonchev–Trinajstić information content (AvgIpc) is 2.63. The summed E-state index contributed by atoms with van der Waals surface area (Å²) in [5.74, 6) is -0.203. The molecule has 1 fully saturated rings. The van der Waals surface area contributed by atoms with Crippen LogP contribution in [-0.4, -0.2) is 31.7 Å². The Hall–Kier alpha value is -1.60. The van der Waals surface area contributed by atoms with E-state index in [1.807, 2.05) is 18.2 Å². The van der Waals surface area contributed by atoms with Crippen molar-refractivity contribution < 1.29 is 13.2 Å². The summed E-state index contributed by atoms with van der Waals surface area (Å²) in [5, 5.41) is 3.73. The maximum Gasteiger partial charge on any atom is 0.243 e. The molecule has 0 unspecified atom stereocenters. The molecule has 1 saturated carbocycles. The average molecular weight is 455 g/mol. The van der Waals surface area contributed by atoms with Crippen LogP contribution in [0.1, 0.15) is 38.7 Å². The molecule has 0 heterocycles. The van der Waals surface area contributed by atoms with Gasteiger partial charge < -0.3 is 5.32 Å². The molecule has 5 nitrogen and oxygen atoms in total.